The van der Waals surface area contributed by atoms with Crippen molar-refractivity contribution in [2.24, 2.45) is 0 Å². The molecule has 3 heterocycles. The fraction of sp³-hybridized carbons (Fsp3) is 0.0870. The zero-order valence-electron chi connectivity index (χ0n) is 15.5. The van der Waals surface area contributed by atoms with Crippen molar-refractivity contribution in [2.75, 3.05) is 6.54 Å². The maximum atomic E-state index is 12.8. The number of aromatic amines is 1. The summed E-state index contributed by atoms with van der Waals surface area (Å²) in [4.78, 5) is 26.1. The number of nitrogens with zero attached hydrogens (tertiary/aromatic N) is 2. The lowest BCUT2D eigenvalue weighted by Crippen LogP contribution is -2.29. The van der Waals surface area contributed by atoms with Crippen LogP contribution in [0.15, 0.2) is 78.4 Å². The number of aromatic nitrogens is 3. The highest BCUT2D eigenvalue weighted by Gasteiger charge is 2.20. The maximum Gasteiger partial charge on any atom is 0.271 e. The van der Waals surface area contributed by atoms with Crippen molar-refractivity contribution in [3.8, 4) is 0 Å². The Morgan fingerprint density at radius 1 is 1.03 bits per heavy atom. The Labute approximate surface area is 171 Å². The Morgan fingerprint density at radius 2 is 1.86 bits per heavy atom. The van der Waals surface area contributed by atoms with Gasteiger partial charge in [0.15, 0.2) is 0 Å². The van der Waals surface area contributed by atoms with E-state index in [0.29, 0.717) is 17.8 Å². The predicted octanol–water partition coefficient (Wildman–Crippen LogP) is 4.73. The first kappa shape index (κ1) is 17.6. The van der Waals surface area contributed by atoms with Gasteiger partial charge in [0, 0.05) is 34.4 Å². The van der Waals surface area contributed by atoms with Crippen molar-refractivity contribution >= 4 is 39.2 Å². The number of carbonyl (C=O) groups is 1. The SMILES string of the molecule is O=C(NCC(c1cccs1)c1c[nH]c2ccccc12)c1cnc2ccccc2n1. The fourth-order valence-electron chi connectivity index (χ4n) is 3.59. The first-order valence-electron chi connectivity index (χ1n) is 9.39. The molecule has 0 aliphatic rings. The maximum absolute atomic E-state index is 12.8. The largest absolute Gasteiger partial charge is 0.361 e. The van der Waals surface area contributed by atoms with E-state index in [-0.39, 0.29) is 11.8 Å². The molecular formula is C23H18N4OS. The zero-order chi connectivity index (χ0) is 19.6. The molecule has 0 radical (unpaired) electrons. The highest BCUT2D eigenvalue weighted by Crippen LogP contribution is 2.32. The summed E-state index contributed by atoms with van der Waals surface area (Å²) in [5.74, 6) is -0.159. The van der Waals surface area contributed by atoms with E-state index < -0.39 is 0 Å². The molecular weight excluding hydrogens is 380 g/mol. The van der Waals surface area contributed by atoms with Gasteiger partial charge in [-0.25, -0.2) is 4.98 Å². The third kappa shape index (κ3) is 3.39. The van der Waals surface area contributed by atoms with Crippen LogP contribution in [-0.4, -0.2) is 27.4 Å². The Bertz CT molecular complexity index is 1290. The van der Waals surface area contributed by atoms with Crippen molar-refractivity contribution in [2.45, 2.75) is 5.92 Å². The monoisotopic (exact) mass is 398 g/mol. The van der Waals surface area contributed by atoms with Gasteiger partial charge >= 0.3 is 0 Å². The van der Waals surface area contributed by atoms with Gasteiger partial charge < -0.3 is 10.3 Å². The quantitative estimate of drug-likeness (QED) is 0.449. The predicted molar refractivity (Wildman–Crippen MR) is 116 cm³/mol. The minimum absolute atomic E-state index is 0.0588. The van der Waals surface area contributed by atoms with Gasteiger partial charge in [-0.05, 0) is 35.2 Å². The number of hydrogen-bond donors (Lipinski definition) is 2. The van der Waals surface area contributed by atoms with Gasteiger partial charge in [0.05, 0.1) is 17.2 Å². The van der Waals surface area contributed by atoms with Gasteiger partial charge in [-0.2, -0.15) is 0 Å². The number of benzene rings is 2. The zero-order valence-corrected chi connectivity index (χ0v) is 16.3. The molecule has 1 unspecified atom stereocenters. The molecule has 6 heteroatoms. The van der Waals surface area contributed by atoms with Crippen LogP contribution in [0.3, 0.4) is 0 Å². The van der Waals surface area contributed by atoms with Crippen LogP contribution in [0.25, 0.3) is 21.9 Å². The van der Waals surface area contributed by atoms with E-state index in [1.165, 1.54) is 22.0 Å². The van der Waals surface area contributed by atoms with Crippen LogP contribution in [0, 0.1) is 0 Å². The first-order chi connectivity index (χ1) is 14.3. The Morgan fingerprint density at radius 3 is 2.72 bits per heavy atom. The molecule has 0 aliphatic carbocycles. The van der Waals surface area contributed by atoms with Crippen molar-refractivity contribution in [3.63, 3.8) is 0 Å². The van der Waals surface area contributed by atoms with Crippen LogP contribution in [0.5, 0.6) is 0 Å². The van der Waals surface area contributed by atoms with Gasteiger partial charge in [0.1, 0.15) is 5.69 Å². The molecule has 5 nitrogen and oxygen atoms in total. The van der Waals surface area contributed by atoms with Crippen LogP contribution in [0.4, 0.5) is 0 Å². The average Bonchev–Trinajstić information content (AvgIpc) is 3.44. The number of fused-ring (bicyclic) bond motifs is 2. The van der Waals surface area contributed by atoms with E-state index >= 15 is 0 Å². The molecule has 0 bridgehead atoms. The van der Waals surface area contributed by atoms with E-state index in [1.807, 2.05) is 48.7 Å². The minimum Gasteiger partial charge on any atom is -0.361 e. The molecule has 3 aromatic heterocycles. The standard InChI is InChI=1S/C23H18N4OS/c28-23(21-14-25-19-8-3-4-9-20(19)27-21)26-13-17(22-10-5-11-29-22)16-12-24-18-7-2-1-6-15(16)18/h1-12,14,17,24H,13H2,(H,26,28). The summed E-state index contributed by atoms with van der Waals surface area (Å²) in [6.45, 7) is 0.482. The van der Waals surface area contributed by atoms with Crippen molar-refractivity contribution in [1.82, 2.24) is 20.3 Å². The molecule has 5 rings (SSSR count). The van der Waals surface area contributed by atoms with Gasteiger partial charge in [-0.3, -0.25) is 9.78 Å². The van der Waals surface area contributed by atoms with E-state index in [4.69, 9.17) is 0 Å². The van der Waals surface area contributed by atoms with Gasteiger partial charge in [-0.15, -0.1) is 11.3 Å². The number of thiophene rings is 1. The number of hydrogen-bond acceptors (Lipinski definition) is 4. The normalized spacial score (nSPS) is 12.3. The summed E-state index contributed by atoms with van der Waals surface area (Å²) >= 11 is 1.69. The first-order valence-corrected chi connectivity index (χ1v) is 10.3. The van der Waals surface area contributed by atoms with E-state index in [0.717, 1.165) is 11.0 Å². The average molecular weight is 398 g/mol. The lowest BCUT2D eigenvalue weighted by atomic mass is 9.96. The molecule has 142 valence electrons. The molecule has 0 spiro atoms. The lowest BCUT2D eigenvalue weighted by molar-refractivity contribution is 0.0947. The van der Waals surface area contributed by atoms with E-state index in [1.54, 1.807) is 11.3 Å². The molecule has 0 fully saturated rings. The molecule has 2 aromatic carbocycles. The van der Waals surface area contributed by atoms with Crippen molar-refractivity contribution in [1.29, 1.82) is 0 Å². The summed E-state index contributed by atoms with van der Waals surface area (Å²) < 4.78 is 0. The van der Waals surface area contributed by atoms with Crippen molar-refractivity contribution in [3.05, 3.63) is 94.6 Å². The highest BCUT2D eigenvalue weighted by molar-refractivity contribution is 7.10. The van der Waals surface area contributed by atoms with Crippen LogP contribution in [0.2, 0.25) is 0 Å². The Kier molecular flexibility index (Phi) is 4.54. The fourth-order valence-corrected chi connectivity index (χ4v) is 4.43. The summed E-state index contributed by atoms with van der Waals surface area (Å²) in [7, 11) is 0. The number of para-hydroxylation sites is 3. The summed E-state index contributed by atoms with van der Waals surface area (Å²) in [5.41, 5.74) is 4.09. The number of H-pyrrole nitrogens is 1. The topological polar surface area (TPSA) is 70.7 Å². The smallest absolute Gasteiger partial charge is 0.271 e. The highest BCUT2D eigenvalue weighted by atomic mass is 32.1. The molecule has 5 aromatic rings. The molecule has 2 N–H and O–H groups in total. The third-order valence-corrected chi connectivity index (χ3v) is 6.02. The second-order valence-corrected chi connectivity index (χ2v) is 7.79. The summed E-state index contributed by atoms with van der Waals surface area (Å²) in [5, 5.41) is 6.29. The number of nitrogens with one attached hydrogen (secondary N) is 2. The van der Waals surface area contributed by atoms with Crippen LogP contribution in [-0.2, 0) is 0 Å². The summed E-state index contributed by atoms with van der Waals surface area (Å²) in [6, 6.07) is 19.9. The Balaban J connectivity index is 1.43. The number of rotatable bonds is 5. The van der Waals surface area contributed by atoms with Gasteiger partial charge in [-0.1, -0.05) is 36.4 Å². The summed E-state index contributed by atoms with van der Waals surface area (Å²) in [6.07, 6.45) is 3.57. The lowest BCUT2D eigenvalue weighted by Gasteiger charge is -2.16. The minimum atomic E-state index is -0.218. The van der Waals surface area contributed by atoms with E-state index in [2.05, 4.69) is 43.8 Å². The van der Waals surface area contributed by atoms with Crippen LogP contribution in [0.1, 0.15) is 26.8 Å². The third-order valence-electron chi connectivity index (χ3n) is 5.03. The molecule has 0 saturated heterocycles. The van der Waals surface area contributed by atoms with Crippen molar-refractivity contribution < 1.29 is 4.79 Å². The molecule has 29 heavy (non-hydrogen) atoms. The molecule has 0 saturated carbocycles. The molecule has 1 atom stereocenters. The van der Waals surface area contributed by atoms with Gasteiger partial charge in [0.25, 0.3) is 5.91 Å². The number of carbonyl (C=O) groups excluding carboxylic acids is 1. The Hall–Kier alpha value is -3.51. The molecule has 0 aliphatic heterocycles. The second kappa shape index (κ2) is 7.48. The van der Waals surface area contributed by atoms with Crippen LogP contribution < -0.4 is 5.32 Å². The van der Waals surface area contributed by atoms with Gasteiger partial charge in [0.2, 0.25) is 0 Å². The number of amides is 1. The van der Waals surface area contributed by atoms with Crippen LogP contribution >= 0.6 is 11.3 Å². The van der Waals surface area contributed by atoms with E-state index in [9.17, 15) is 4.79 Å². The second-order valence-electron chi connectivity index (χ2n) is 6.81. The molecule has 1 amide bonds.